The third kappa shape index (κ3) is 2.63. The van der Waals surface area contributed by atoms with Gasteiger partial charge in [-0.15, -0.1) is 10.2 Å². The third-order valence-corrected chi connectivity index (χ3v) is 5.48. The predicted molar refractivity (Wildman–Crippen MR) is 103 cm³/mol. The van der Waals surface area contributed by atoms with Gasteiger partial charge in [-0.1, -0.05) is 11.3 Å². The fourth-order valence-corrected chi connectivity index (χ4v) is 4.09. The minimum absolute atomic E-state index is 0.0488. The lowest BCUT2D eigenvalue weighted by Crippen LogP contribution is -2.35. The first kappa shape index (κ1) is 16.8. The molecule has 5 heterocycles. The highest BCUT2D eigenvalue weighted by Gasteiger charge is 2.47. The molecular formula is C19H15N9O2. The maximum atomic E-state index is 12.5. The van der Waals surface area contributed by atoms with Crippen LogP contribution in [-0.4, -0.2) is 58.4 Å². The lowest BCUT2D eigenvalue weighted by atomic mass is 10.0. The highest BCUT2D eigenvalue weighted by molar-refractivity contribution is 5.94. The first-order chi connectivity index (χ1) is 14.8. The van der Waals surface area contributed by atoms with Crippen LogP contribution in [-0.2, 0) is 17.7 Å². The molecule has 4 aromatic rings. The molecule has 2 aliphatic rings. The number of cyclic esters (lactones) is 1. The van der Waals surface area contributed by atoms with E-state index in [1.54, 1.807) is 28.2 Å². The van der Waals surface area contributed by atoms with Crippen molar-refractivity contribution in [3.8, 4) is 16.9 Å². The van der Waals surface area contributed by atoms with Gasteiger partial charge in [-0.3, -0.25) is 4.90 Å². The van der Waals surface area contributed by atoms with Crippen molar-refractivity contribution < 1.29 is 9.53 Å². The fourth-order valence-electron chi connectivity index (χ4n) is 4.09. The van der Waals surface area contributed by atoms with Gasteiger partial charge in [0.25, 0.3) is 0 Å². The molecule has 30 heavy (non-hydrogen) atoms. The van der Waals surface area contributed by atoms with Crippen molar-refractivity contribution in [1.82, 2.24) is 40.2 Å². The Hall–Kier alpha value is -4.15. The van der Waals surface area contributed by atoms with Crippen LogP contribution >= 0.6 is 0 Å². The van der Waals surface area contributed by atoms with Gasteiger partial charge in [0.1, 0.15) is 12.4 Å². The van der Waals surface area contributed by atoms with Crippen LogP contribution in [0.5, 0.6) is 0 Å². The molecule has 6 rings (SSSR count). The van der Waals surface area contributed by atoms with E-state index in [0.717, 1.165) is 28.8 Å². The predicted octanol–water partition coefficient (Wildman–Crippen LogP) is 1.27. The summed E-state index contributed by atoms with van der Waals surface area (Å²) in [5.41, 5.74) is 4.02. The maximum absolute atomic E-state index is 12.5. The molecule has 11 heteroatoms. The summed E-state index contributed by atoms with van der Waals surface area (Å²) in [7, 11) is 0. The van der Waals surface area contributed by atoms with Gasteiger partial charge in [-0.25, -0.2) is 14.5 Å². The molecule has 2 aliphatic heterocycles. The largest absolute Gasteiger partial charge is 0.442 e. The van der Waals surface area contributed by atoms with E-state index >= 15 is 0 Å². The fraction of sp³-hybridized carbons (Fsp3) is 0.211. The number of hydrogen-bond acceptors (Lipinski definition) is 8. The molecule has 0 N–H and O–H groups in total. The van der Waals surface area contributed by atoms with Gasteiger partial charge in [0.2, 0.25) is 0 Å². The van der Waals surface area contributed by atoms with Crippen molar-refractivity contribution in [2.24, 2.45) is 0 Å². The number of amides is 1. The average Bonchev–Trinajstić information content (AvgIpc) is 3.56. The van der Waals surface area contributed by atoms with E-state index in [0.29, 0.717) is 12.4 Å². The van der Waals surface area contributed by atoms with Gasteiger partial charge >= 0.3 is 6.09 Å². The monoisotopic (exact) mass is 401 g/mol. The standard InChI is InChI=1S/C19H15N9O2/c29-19-28-15-3-1-12(13-2-4-18(20-9-13)27-11-22-23-25-27)7-14(15)8-16(28)17(30-19)10-26-6-5-21-24-26/h1-7,9,11,16-17H,8,10H2/t16?,17-/m0/s1. The quantitative estimate of drug-likeness (QED) is 0.502. The highest BCUT2D eigenvalue weighted by atomic mass is 16.6. The SMILES string of the molecule is O=C1O[C@@H](Cn2ccnn2)C2Cc3cc(-c4ccc(-n5cnnn5)nc4)ccc3N12. The maximum Gasteiger partial charge on any atom is 0.415 e. The van der Waals surface area contributed by atoms with Gasteiger partial charge in [0.05, 0.1) is 24.5 Å². The van der Waals surface area contributed by atoms with Crippen molar-refractivity contribution in [2.75, 3.05) is 4.90 Å². The number of carbonyl (C=O) groups is 1. The van der Waals surface area contributed by atoms with Gasteiger partial charge in [-0.2, -0.15) is 4.68 Å². The number of carbonyl (C=O) groups excluding carboxylic acids is 1. The zero-order valence-corrected chi connectivity index (χ0v) is 15.6. The number of rotatable bonds is 4. The number of aromatic nitrogens is 8. The third-order valence-electron chi connectivity index (χ3n) is 5.48. The van der Waals surface area contributed by atoms with E-state index in [1.807, 2.05) is 24.3 Å². The Bertz CT molecular complexity index is 1210. The Morgan fingerprint density at radius 1 is 1.10 bits per heavy atom. The Kier molecular flexibility index (Phi) is 3.60. The summed E-state index contributed by atoms with van der Waals surface area (Å²) < 4.78 is 8.78. The normalized spacial score (nSPS) is 19.6. The topological polar surface area (TPSA) is 117 Å². The van der Waals surface area contributed by atoms with Crippen LogP contribution in [0, 0.1) is 0 Å². The second kappa shape index (κ2) is 6.44. The summed E-state index contributed by atoms with van der Waals surface area (Å²) in [6.07, 6.45) is 6.81. The smallest absolute Gasteiger partial charge is 0.415 e. The van der Waals surface area contributed by atoms with Gasteiger partial charge in [0, 0.05) is 18.0 Å². The van der Waals surface area contributed by atoms with E-state index in [2.05, 4.69) is 36.9 Å². The van der Waals surface area contributed by atoms with E-state index in [9.17, 15) is 4.79 Å². The lowest BCUT2D eigenvalue weighted by Gasteiger charge is -2.16. The molecular weight excluding hydrogens is 386 g/mol. The number of ether oxygens (including phenoxy) is 1. The number of hydrogen-bond donors (Lipinski definition) is 0. The van der Waals surface area contributed by atoms with Crippen molar-refractivity contribution in [3.63, 3.8) is 0 Å². The molecule has 148 valence electrons. The molecule has 0 radical (unpaired) electrons. The van der Waals surface area contributed by atoms with E-state index < -0.39 is 0 Å². The van der Waals surface area contributed by atoms with Gasteiger partial charge in [0.15, 0.2) is 5.82 Å². The molecule has 0 aliphatic carbocycles. The van der Waals surface area contributed by atoms with Crippen LogP contribution in [0.25, 0.3) is 16.9 Å². The molecule has 3 aromatic heterocycles. The first-order valence-corrected chi connectivity index (χ1v) is 9.43. The molecule has 11 nitrogen and oxygen atoms in total. The van der Waals surface area contributed by atoms with Crippen molar-refractivity contribution in [2.45, 2.75) is 25.1 Å². The number of benzene rings is 1. The summed E-state index contributed by atoms with van der Waals surface area (Å²) in [6, 6.07) is 9.87. The van der Waals surface area contributed by atoms with Crippen LogP contribution in [0.3, 0.4) is 0 Å². The number of anilines is 1. The highest BCUT2D eigenvalue weighted by Crippen LogP contribution is 2.40. The molecule has 2 atom stereocenters. The first-order valence-electron chi connectivity index (χ1n) is 9.43. The van der Waals surface area contributed by atoms with E-state index in [1.165, 1.54) is 11.0 Å². The van der Waals surface area contributed by atoms with Crippen LogP contribution < -0.4 is 4.90 Å². The molecule has 1 unspecified atom stereocenters. The number of fused-ring (bicyclic) bond motifs is 3. The summed E-state index contributed by atoms with van der Waals surface area (Å²) >= 11 is 0. The van der Waals surface area contributed by atoms with E-state index in [-0.39, 0.29) is 18.2 Å². The number of nitrogens with zero attached hydrogens (tertiary/aromatic N) is 9. The second-order valence-electron chi connectivity index (χ2n) is 7.19. The van der Waals surface area contributed by atoms with Crippen LogP contribution in [0.4, 0.5) is 10.5 Å². The Labute approximate surface area is 169 Å². The molecule has 1 aromatic carbocycles. The minimum Gasteiger partial charge on any atom is -0.442 e. The lowest BCUT2D eigenvalue weighted by molar-refractivity contribution is 0.117. The zero-order valence-electron chi connectivity index (χ0n) is 15.6. The van der Waals surface area contributed by atoms with Gasteiger partial charge < -0.3 is 4.74 Å². The molecule has 0 bridgehead atoms. The minimum atomic E-state index is -0.316. The van der Waals surface area contributed by atoms with Crippen LogP contribution in [0.15, 0.2) is 55.2 Å². The summed E-state index contributed by atoms with van der Waals surface area (Å²) in [5, 5.41) is 18.9. The average molecular weight is 401 g/mol. The molecule has 0 spiro atoms. The Morgan fingerprint density at radius 3 is 2.80 bits per heavy atom. The molecule has 0 saturated carbocycles. The Balaban J connectivity index is 1.27. The van der Waals surface area contributed by atoms with E-state index in [4.69, 9.17) is 4.74 Å². The summed E-state index contributed by atoms with van der Waals surface area (Å²) in [4.78, 5) is 18.7. The molecule has 1 amide bonds. The van der Waals surface area contributed by atoms with Crippen LogP contribution in [0.2, 0.25) is 0 Å². The number of pyridine rings is 1. The number of tetrazole rings is 1. The second-order valence-corrected chi connectivity index (χ2v) is 7.19. The van der Waals surface area contributed by atoms with Crippen molar-refractivity contribution >= 4 is 11.8 Å². The van der Waals surface area contributed by atoms with Gasteiger partial charge in [-0.05, 0) is 52.2 Å². The summed E-state index contributed by atoms with van der Waals surface area (Å²) in [6.45, 7) is 0.482. The Morgan fingerprint density at radius 2 is 2.03 bits per heavy atom. The van der Waals surface area contributed by atoms with Crippen molar-refractivity contribution in [1.29, 1.82) is 0 Å². The molecule has 1 fully saturated rings. The van der Waals surface area contributed by atoms with Crippen molar-refractivity contribution in [3.05, 3.63) is 60.8 Å². The van der Waals surface area contributed by atoms with Crippen LogP contribution in [0.1, 0.15) is 5.56 Å². The zero-order chi connectivity index (χ0) is 20.1. The molecule has 1 saturated heterocycles. The summed E-state index contributed by atoms with van der Waals surface area (Å²) in [5.74, 6) is 0.643.